The first kappa shape index (κ1) is 67.7. The second kappa shape index (κ2) is 53.0. The van der Waals surface area contributed by atoms with E-state index in [1.165, 1.54) is 154 Å². The van der Waals surface area contributed by atoms with Gasteiger partial charge in [-0.2, -0.15) is 0 Å². The monoisotopic (exact) mass is 997 g/mol. The van der Waals surface area contributed by atoms with Crippen LogP contribution in [0.15, 0.2) is 72.9 Å². The Bertz CT molecular complexity index is 1390. The summed E-state index contributed by atoms with van der Waals surface area (Å²) in [5, 5.41) is 9.69. The van der Waals surface area contributed by atoms with Crippen LogP contribution in [0, 0.1) is 0 Å². The van der Waals surface area contributed by atoms with Crippen molar-refractivity contribution in [3.63, 3.8) is 0 Å². The van der Waals surface area contributed by atoms with Crippen LogP contribution in [0.25, 0.3) is 0 Å². The zero-order valence-corrected chi connectivity index (χ0v) is 46.6. The molecule has 0 saturated heterocycles. The number of hydrogen-bond acceptors (Lipinski definition) is 7. The molecule has 71 heavy (non-hydrogen) atoms. The zero-order chi connectivity index (χ0) is 52.0. The normalized spacial score (nSPS) is 13.3. The Labute approximate surface area is 437 Å². The van der Waals surface area contributed by atoms with Crippen LogP contribution in [0.5, 0.6) is 0 Å². The van der Waals surface area contributed by atoms with E-state index in [0.29, 0.717) is 17.4 Å². The maximum atomic E-state index is 12.8. The fourth-order valence-electron chi connectivity index (χ4n) is 7.99. The minimum absolute atomic E-state index is 0.175. The molecule has 0 amide bonds. The van der Waals surface area contributed by atoms with Crippen molar-refractivity contribution in [2.24, 2.45) is 0 Å². The van der Waals surface area contributed by atoms with Crippen LogP contribution < -0.4 is 0 Å². The van der Waals surface area contributed by atoms with E-state index in [1.54, 1.807) is 0 Å². The number of allylic oxidation sites excluding steroid dienone is 12. The maximum Gasteiger partial charge on any atom is 0.361 e. The van der Waals surface area contributed by atoms with Crippen molar-refractivity contribution in [3.05, 3.63) is 72.9 Å². The second-order valence-electron chi connectivity index (χ2n) is 20.6. The summed E-state index contributed by atoms with van der Waals surface area (Å²) < 4.78 is 22.8. The van der Waals surface area contributed by atoms with Gasteiger partial charge in [0.15, 0.2) is 6.10 Å². The van der Waals surface area contributed by atoms with Gasteiger partial charge in [-0.25, -0.2) is 4.79 Å². The Kier molecular flexibility index (Phi) is 50.6. The fraction of sp³-hybridized carbons (Fsp3) is 0.758. The summed E-state index contributed by atoms with van der Waals surface area (Å²) in [6.07, 6.45) is 65.8. The summed E-state index contributed by atoms with van der Waals surface area (Å²) in [4.78, 5) is 37.3. The Morgan fingerprint density at radius 3 is 1.25 bits per heavy atom. The minimum atomic E-state index is -1.53. The van der Waals surface area contributed by atoms with E-state index in [0.717, 1.165) is 57.8 Å². The zero-order valence-electron chi connectivity index (χ0n) is 46.6. The van der Waals surface area contributed by atoms with Gasteiger partial charge in [-0.15, -0.1) is 0 Å². The standard InChI is InChI=1S/C62H109NO8/c1-6-8-10-12-14-16-18-20-22-24-25-26-27-28-29-30-31-32-33-34-35-37-38-40-42-44-46-48-50-52-59(64)69-56-58(57-70-62(61(66)67)68-55-54-63(3,4)5)71-60(65)53-51-49-47-45-43-41-39-36-23-21-19-17-15-13-11-9-7-2/h9,11,15,17,21,23-25,39,41,45,47,58,62H,6-8,10,12-14,16,18-20,22,26-38,40,42-44,46,48-57H2,1-5H3/p+1/b11-9-,17-15-,23-21-,25-24-,41-39-,47-45-. The van der Waals surface area contributed by atoms with Gasteiger partial charge in [0.25, 0.3) is 6.29 Å². The molecule has 0 aromatic carbocycles. The number of likely N-dealkylation sites (N-methyl/N-ethyl adjacent to an activating group) is 1. The van der Waals surface area contributed by atoms with Crippen LogP contribution in [-0.2, 0) is 33.3 Å². The molecule has 0 aromatic heterocycles. The number of nitrogens with zero attached hydrogens (tertiary/aromatic N) is 1. The molecule has 2 unspecified atom stereocenters. The average molecular weight is 998 g/mol. The number of hydrogen-bond donors (Lipinski definition) is 1. The van der Waals surface area contributed by atoms with Crippen LogP contribution in [0.3, 0.4) is 0 Å². The van der Waals surface area contributed by atoms with Gasteiger partial charge in [-0.05, 0) is 77.0 Å². The Balaban J connectivity index is 4.21. The third-order valence-electron chi connectivity index (χ3n) is 12.4. The van der Waals surface area contributed by atoms with Gasteiger partial charge in [0.2, 0.25) is 0 Å². The lowest BCUT2D eigenvalue weighted by Gasteiger charge is -2.25. The summed E-state index contributed by atoms with van der Waals surface area (Å²) in [7, 11) is 5.95. The quantitative estimate of drug-likeness (QED) is 0.0211. The molecule has 1 N–H and O–H groups in total. The van der Waals surface area contributed by atoms with Crippen molar-refractivity contribution < 1.29 is 42.9 Å². The van der Waals surface area contributed by atoms with Crippen molar-refractivity contribution in [2.45, 2.75) is 257 Å². The summed E-state index contributed by atoms with van der Waals surface area (Å²) >= 11 is 0. The molecule has 0 aliphatic heterocycles. The van der Waals surface area contributed by atoms with E-state index in [9.17, 15) is 19.5 Å². The lowest BCUT2D eigenvalue weighted by molar-refractivity contribution is -0.870. The summed E-state index contributed by atoms with van der Waals surface area (Å²) in [5.41, 5.74) is 0. The molecule has 0 saturated carbocycles. The smallest absolute Gasteiger partial charge is 0.361 e. The average Bonchev–Trinajstić information content (AvgIpc) is 3.34. The highest BCUT2D eigenvalue weighted by Crippen LogP contribution is 2.16. The van der Waals surface area contributed by atoms with Crippen molar-refractivity contribution in [3.8, 4) is 0 Å². The molecule has 410 valence electrons. The molecule has 0 aliphatic rings. The van der Waals surface area contributed by atoms with Gasteiger partial charge in [-0.1, -0.05) is 228 Å². The number of carboxylic acids is 1. The van der Waals surface area contributed by atoms with Crippen molar-refractivity contribution in [2.75, 3.05) is 47.5 Å². The van der Waals surface area contributed by atoms with E-state index >= 15 is 0 Å². The molecule has 9 heteroatoms. The highest BCUT2D eigenvalue weighted by atomic mass is 16.7. The summed E-state index contributed by atoms with van der Waals surface area (Å²) in [6.45, 7) is 4.71. The van der Waals surface area contributed by atoms with E-state index in [4.69, 9.17) is 18.9 Å². The molecule has 0 rings (SSSR count). The van der Waals surface area contributed by atoms with Gasteiger partial charge < -0.3 is 28.5 Å². The Morgan fingerprint density at radius 2 is 0.817 bits per heavy atom. The van der Waals surface area contributed by atoms with Gasteiger partial charge >= 0.3 is 17.9 Å². The maximum absolute atomic E-state index is 12.8. The first-order chi connectivity index (χ1) is 34.6. The SMILES string of the molecule is CC/C=C\C/C=C\C/C=C\C/C=C\C/C=C\CCCC(=O)OC(COC(=O)CCCCCCCCCCCCCCCCCCC/C=C\CCCCCCCCCC)COC(OCC[N+](C)(C)C)C(=O)O. The predicted molar refractivity (Wildman–Crippen MR) is 299 cm³/mol. The van der Waals surface area contributed by atoms with Gasteiger partial charge in [0, 0.05) is 12.8 Å². The molecule has 0 aliphatic carbocycles. The third kappa shape index (κ3) is 54.3. The lowest BCUT2D eigenvalue weighted by atomic mass is 10.0. The minimum Gasteiger partial charge on any atom is -0.477 e. The van der Waals surface area contributed by atoms with Crippen LogP contribution in [0.4, 0.5) is 0 Å². The van der Waals surface area contributed by atoms with Gasteiger partial charge in [0.1, 0.15) is 13.2 Å². The molecule has 0 aromatic rings. The number of aliphatic carboxylic acids is 1. The van der Waals surface area contributed by atoms with Crippen molar-refractivity contribution >= 4 is 17.9 Å². The highest BCUT2D eigenvalue weighted by molar-refractivity contribution is 5.71. The van der Waals surface area contributed by atoms with Crippen LogP contribution in [-0.4, -0.2) is 87.4 Å². The number of unbranched alkanes of at least 4 members (excludes halogenated alkanes) is 26. The molecule has 0 heterocycles. The molecule has 2 atom stereocenters. The van der Waals surface area contributed by atoms with Gasteiger partial charge in [-0.3, -0.25) is 9.59 Å². The van der Waals surface area contributed by atoms with Crippen LogP contribution in [0.2, 0.25) is 0 Å². The van der Waals surface area contributed by atoms with Crippen LogP contribution in [0.1, 0.15) is 245 Å². The second-order valence-corrected chi connectivity index (χ2v) is 20.6. The first-order valence-electron chi connectivity index (χ1n) is 29.1. The van der Waals surface area contributed by atoms with Gasteiger partial charge in [0.05, 0.1) is 34.4 Å². The summed E-state index contributed by atoms with van der Waals surface area (Å²) in [6, 6.07) is 0. The summed E-state index contributed by atoms with van der Waals surface area (Å²) in [5.74, 6) is -2.08. The molecule has 0 radical (unpaired) electrons. The van der Waals surface area contributed by atoms with Crippen LogP contribution >= 0.6 is 0 Å². The highest BCUT2D eigenvalue weighted by Gasteiger charge is 2.25. The molecule has 0 bridgehead atoms. The molecule has 0 spiro atoms. The molecule has 9 nitrogen and oxygen atoms in total. The number of carboxylic acid groups (broad SMARTS) is 1. The number of rotatable bonds is 53. The van der Waals surface area contributed by atoms with E-state index < -0.39 is 24.3 Å². The van der Waals surface area contributed by atoms with Crippen molar-refractivity contribution in [1.29, 1.82) is 0 Å². The number of ether oxygens (including phenoxy) is 4. The first-order valence-corrected chi connectivity index (χ1v) is 29.1. The number of carbonyl (C=O) groups excluding carboxylic acids is 2. The topological polar surface area (TPSA) is 108 Å². The molecule has 0 fully saturated rings. The Hall–Kier alpha value is -3.27. The van der Waals surface area contributed by atoms with E-state index in [-0.39, 0.29) is 38.6 Å². The van der Waals surface area contributed by atoms with Crippen molar-refractivity contribution in [1.82, 2.24) is 0 Å². The molecular formula is C62H110NO8+. The fourth-order valence-corrected chi connectivity index (χ4v) is 7.99. The number of carbonyl (C=O) groups is 3. The Morgan fingerprint density at radius 1 is 0.437 bits per heavy atom. The predicted octanol–water partition coefficient (Wildman–Crippen LogP) is 17.0. The lowest BCUT2D eigenvalue weighted by Crippen LogP contribution is -2.40. The molecular weight excluding hydrogens is 887 g/mol. The largest absolute Gasteiger partial charge is 0.477 e. The third-order valence-corrected chi connectivity index (χ3v) is 12.4. The number of quaternary nitrogens is 1. The number of esters is 2. The van der Waals surface area contributed by atoms with E-state index in [1.807, 2.05) is 21.1 Å². The van der Waals surface area contributed by atoms with E-state index in [2.05, 4.69) is 86.8 Å².